The molecule has 0 bridgehead atoms. The van der Waals surface area contributed by atoms with Crippen LogP contribution in [0.5, 0.6) is 0 Å². The van der Waals surface area contributed by atoms with Gasteiger partial charge in [0.2, 0.25) is 0 Å². The van der Waals surface area contributed by atoms with Gasteiger partial charge in [0, 0.05) is 6.20 Å². The second-order valence-electron chi connectivity index (χ2n) is 2.38. The van der Waals surface area contributed by atoms with E-state index in [-0.39, 0.29) is 5.82 Å². The quantitative estimate of drug-likeness (QED) is 0.531. The number of nitrogens with zero attached hydrogens (tertiary/aromatic N) is 1. The lowest BCUT2D eigenvalue weighted by atomic mass is 10.1. The largest absolute Gasteiger partial charge is 0.394 e. The maximum atomic E-state index is 5.58. The molecule has 0 unspecified atom stereocenters. The molecule has 6 N–H and O–H groups in total. The van der Waals surface area contributed by atoms with Gasteiger partial charge in [-0.05, 0) is 6.42 Å². The van der Waals surface area contributed by atoms with Gasteiger partial charge in [-0.3, -0.25) is 4.99 Å². The van der Waals surface area contributed by atoms with Gasteiger partial charge >= 0.3 is 0 Å². The molecular formula is C8H16N4. The molecule has 0 aliphatic carbocycles. The lowest BCUT2D eigenvalue weighted by Gasteiger charge is -2.05. The van der Waals surface area contributed by atoms with E-state index >= 15 is 0 Å². The van der Waals surface area contributed by atoms with Gasteiger partial charge in [-0.1, -0.05) is 19.9 Å². The van der Waals surface area contributed by atoms with Crippen LogP contribution in [0.25, 0.3) is 0 Å². The van der Waals surface area contributed by atoms with Gasteiger partial charge in [0.15, 0.2) is 0 Å². The van der Waals surface area contributed by atoms with Crippen LogP contribution in [0, 0.1) is 0 Å². The molecule has 0 aromatic rings. The van der Waals surface area contributed by atoms with E-state index in [0.717, 1.165) is 12.8 Å². The molecule has 0 rings (SSSR count). The van der Waals surface area contributed by atoms with E-state index in [9.17, 15) is 0 Å². The van der Waals surface area contributed by atoms with Crippen LogP contribution in [-0.2, 0) is 0 Å². The number of allylic oxidation sites excluding steroid dienone is 1. The van der Waals surface area contributed by atoms with Crippen molar-refractivity contribution < 1.29 is 0 Å². The van der Waals surface area contributed by atoms with Gasteiger partial charge in [-0.2, -0.15) is 0 Å². The molecular weight excluding hydrogens is 152 g/mol. The highest BCUT2D eigenvalue weighted by Crippen LogP contribution is 2.00. The zero-order valence-corrected chi connectivity index (χ0v) is 7.38. The monoisotopic (exact) mass is 168 g/mol. The maximum absolute atomic E-state index is 5.58. The topological polar surface area (TPSA) is 90.4 Å². The molecule has 0 aromatic heterocycles. The minimum absolute atomic E-state index is 0.115. The molecule has 68 valence electrons. The fourth-order valence-corrected chi connectivity index (χ4v) is 0.782. The van der Waals surface area contributed by atoms with Crippen molar-refractivity contribution in [2.24, 2.45) is 22.2 Å². The van der Waals surface area contributed by atoms with Crippen molar-refractivity contribution in [3.63, 3.8) is 0 Å². The Morgan fingerprint density at radius 2 is 2.00 bits per heavy atom. The van der Waals surface area contributed by atoms with Crippen molar-refractivity contribution >= 4 is 5.71 Å². The van der Waals surface area contributed by atoms with E-state index in [2.05, 4.69) is 11.6 Å². The smallest absolute Gasteiger partial charge is 0.119 e. The summed E-state index contributed by atoms with van der Waals surface area (Å²) in [4.78, 5) is 3.97. The Morgan fingerprint density at radius 1 is 1.42 bits per heavy atom. The third-order valence-electron chi connectivity index (χ3n) is 1.36. The number of aliphatic imine (C=N–C) groups is 1. The molecule has 4 nitrogen and oxygen atoms in total. The van der Waals surface area contributed by atoms with Gasteiger partial charge in [0.25, 0.3) is 0 Å². The van der Waals surface area contributed by atoms with E-state index in [1.54, 1.807) is 0 Å². The summed E-state index contributed by atoms with van der Waals surface area (Å²) < 4.78 is 0. The van der Waals surface area contributed by atoms with Gasteiger partial charge in [-0.25, -0.2) is 0 Å². The normalized spacial score (nSPS) is 10.9. The van der Waals surface area contributed by atoms with Crippen LogP contribution in [-0.4, -0.2) is 5.71 Å². The summed E-state index contributed by atoms with van der Waals surface area (Å²) in [6.07, 6.45) is 3.14. The van der Waals surface area contributed by atoms with Gasteiger partial charge < -0.3 is 17.2 Å². The van der Waals surface area contributed by atoms with E-state index < -0.39 is 0 Å². The first-order chi connectivity index (χ1) is 5.63. The van der Waals surface area contributed by atoms with Crippen LogP contribution < -0.4 is 17.2 Å². The summed E-state index contributed by atoms with van der Waals surface area (Å²) >= 11 is 0. The van der Waals surface area contributed by atoms with Crippen molar-refractivity contribution in [2.75, 3.05) is 0 Å². The SMILES string of the molecule is C=C/N=C(/CCC)C(N)=C(N)N. The van der Waals surface area contributed by atoms with Crippen LogP contribution >= 0.6 is 0 Å². The van der Waals surface area contributed by atoms with Crippen molar-refractivity contribution in [1.82, 2.24) is 0 Å². The van der Waals surface area contributed by atoms with Crippen LogP contribution in [0.4, 0.5) is 0 Å². The number of nitrogens with two attached hydrogens (primary N) is 3. The van der Waals surface area contributed by atoms with Gasteiger partial charge in [0.1, 0.15) is 5.82 Å². The lowest BCUT2D eigenvalue weighted by molar-refractivity contribution is 0.982. The fourth-order valence-electron chi connectivity index (χ4n) is 0.782. The van der Waals surface area contributed by atoms with Crippen LogP contribution in [0.15, 0.2) is 29.3 Å². The number of hydrogen-bond donors (Lipinski definition) is 3. The first kappa shape index (κ1) is 10.6. The van der Waals surface area contributed by atoms with E-state index in [1.165, 1.54) is 6.20 Å². The Labute approximate surface area is 72.8 Å². The number of hydrogen-bond acceptors (Lipinski definition) is 4. The first-order valence-corrected chi connectivity index (χ1v) is 3.82. The van der Waals surface area contributed by atoms with Gasteiger partial charge in [-0.15, -0.1) is 0 Å². The molecule has 0 aromatic carbocycles. The third kappa shape index (κ3) is 3.09. The molecule has 0 saturated carbocycles. The first-order valence-electron chi connectivity index (χ1n) is 3.82. The van der Waals surface area contributed by atoms with Crippen LogP contribution in [0.1, 0.15) is 19.8 Å². The molecule has 0 aliphatic rings. The highest BCUT2D eigenvalue weighted by molar-refractivity contribution is 6.00. The molecule has 0 heterocycles. The third-order valence-corrected chi connectivity index (χ3v) is 1.36. The molecule has 0 fully saturated rings. The second-order valence-corrected chi connectivity index (χ2v) is 2.38. The van der Waals surface area contributed by atoms with Crippen LogP contribution in [0.2, 0.25) is 0 Å². The molecule has 0 amide bonds. The molecule has 4 heteroatoms. The van der Waals surface area contributed by atoms with Gasteiger partial charge in [0.05, 0.1) is 11.4 Å². The highest BCUT2D eigenvalue weighted by Gasteiger charge is 2.03. The van der Waals surface area contributed by atoms with Crippen molar-refractivity contribution in [3.8, 4) is 0 Å². The average Bonchev–Trinajstić information content (AvgIpc) is 2.03. The Kier molecular flexibility index (Phi) is 4.60. The summed E-state index contributed by atoms with van der Waals surface area (Å²) in [5.41, 5.74) is 17.3. The van der Waals surface area contributed by atoms with Crippen molar-refractivity contribution in [1.29, 1.82) is 0 Å². The predicted molar refractivity (Wildman–Crippen MR) is 52.1 cm³/mol. The Morgan fingerprint density at radius 3 is 2.33 bits per heavy atom. The zero-order chi connectivity index (χ0) is 9.56. The van der Waals surface area contributed by atoms with E-state index in [1.807, 2.05) is 6.92 Å². The van der Waals surface area contributed by atoms with E-state index in [0.29, 0.717) is 11.4 Å². The lowest BCUT2D eigenvalue weighted by Crippen LogP contribution is -2.23. The Balaban J connectivity index is 4.63. The molecule has 0 atom stereocenters. The van der Waals surface area contributed by atoms with E-state index in [4.69, 9.17) is 17.2 Å². The Hall–Kier alpha value is -1.45. The van der Waals surface area contributed by atoms with Crippen molar-refractivity contribution in [3.05, 3.63) is 24.3 Å². The highest BCUT2D eigenvalue weighted by atomic mass is 14.9. The molecule has 0 aliphatic heterocycles. The molecule has 0 spiro atoms. The van der Waals surface area contributed by atoms with Crippen molar-refractivity contribution in [2.45, 2.75) is 19.8 Å². The predicted octanol–water partition coefficient (Wildman–Crippen LogP) is 0.416. The zero-order valence-electron chi connectivity index (χ0n) is 7.38. The second kappa shape index (κ2) is 5.23. The minimum atomic E-state index is 0.115. The average molecular weight is 168 g/mol. The summed E-state index contributed by atoms with van der Waals surface area (Å²) in [6.45, 7) is 5.50. The maximum Gasteiger partial charge on any atom is 0.119 e. The summed E-state index contributed by atoms with van der Waals surface area (Å²) in [5.74, 6) is 0.115. The summed E-state index contributed by atoms with van der Waals surface area (Å²) in [7, 11) is 0. The minimum Gasteiger partial charge on any atom is -0.394 e. The molecule has 0 radical (unpaired) electrons. The standard InChI is InChI=1S/C8H16N4/c1-3-5-6(12-4-2)7(9)8(10)11/h4H,2-3,5,9-11H2,1H3/b12-6-. The molecule has 12 heavy (non-hydrogen) atoms. The number of rotatable bonds is 4. The summed E-state index contributed by atoms with van der Waals surface area (Å²) in [5, 5.41) is 0. The molecule has 0 saturated heterocycles. The summed E-state index contributed by atoms with van der Waals surface area (Å²) in [6, 6.07) is 0. The van der Waals surface area contributed by atoms with Crippen LogP contribution in [0.3, 0.4) is 0 Å². The Bertz CT molecular complexity index is 211. The fraction of sp³-hybridized carbons (Fsp3) is 0.375.